The summed E-state index contributed by atoms with van der Waals surface area (Å²) in [4.78, 5) is 25.0. The van der Waals surface area contributed by atoms with Gasteiger partial charge in [0.05, 0.1) is 0 Å². The minimum absolute atomic E-state index is 0.477. The summed E-state index contributed by atoms with van der Waals surface area (Å²) in [5.41, 5.74) is 0.857. The number of amides is 1. The SMILES string of the molecule is CN(C)c1ccc([C@H](NC(=O)OC(C)(C)C)[C@](C)(Br)[N+](=O)[O-])cc1. The Morgan fingerprint density at radius 2 is 1.75 bits per heavy atom. The Morgan fingerprint density at radius 1 is 1.25 bits per heavy atom. The van der Waals surface area contributed by atoms with Crippen LogP contribution in [0.1, 0.15) is 39.3 Å². The molecule has 2 atom stereocenters. The Balaban J connectivity index is 3.15. The largest absolute Gasteiger partial charge is 0.444 e. The summed E-state index contributed by atoms with van der Waals surface area (Å²) in [7, 11) is 3.80. The van der Waals surface area contributed by atoms with Gasteiger partial charge in [-0.25, -0.2) is 4.79 Å². The molecule has 0 heterocycles. The van der Waals surface area contributed by atoms with E-state index in [1.165, 1.54) is 6.92 Å². The van der Waals surface area contributed by atoms with Crippen molar-refractivity contribution in [3.63, 3.8) is 0 Å². The number of nitrogens with zero attached hydrogens (tertiary/aromatic N) is 2. The highest BCUT2D eigenvalue weighted by Crippen LogP contribution is 2.35. The molecule has 134 valence electrons. The fourth-order valence-electron chi connectivity index (χ4n) is 2.01. The summed E-state index contributed by atoms with van der Waals surface area (Å²) in [6, 6.07) is 6.27. The van der Waals surface area contributed by atoms with Crippen molar-refractivity contribution in [3.05, 3.63) is 39.9 Å². The van der Waals surface area contributed by atoms with Crippen LogP contribution in [0.15, 0.2) is 24.3 Å². The van der Waals surface area contributed by atoms with Gasteiger partial charge in [-0.2, -0.15) is 0 Å². The van der Waals surface area contributed by atoms with Crippen LogP contribution in [0.25, 0.3) is 0 Å². The summed E-state index contributed by atoms with van der Waals surface area (Å²) in [5, 5.41) is 14.0. The fraction of sp³-hybridized carbons (Fsp3) is 0.562. The number of benzene rings is 1. The van der Waals surface area contributed by atoms with Gasteiger partial charge >= 0.3 is 6.09 Å². The number of alkyl halides is 1. The predicted octanol–water partition coefficient (Wildman–Crippen LogP) is 3.71. The van der Waals surface area contributed by atoms with E-state index in [2.05, 4.69) is 21.2 Å². The van der Waals surface area contributed by atoms with Crippen molar-refractivity contribution in [3.8, 4) is 0 Å². The number of carbonyl (C=O) groups is 1. The van der Waals surface area contributed by atoms with Crippen LogP contribution in [-0.4, -0.2) is 35.2 Å². The number of anilines is 1. The summed E-state index contributed by atoms with van der Waals surface area (Å²) < 4.78 is 3.65. The first-order valence-corrected chi connectivity index (χ1v) is 8.24. The Hall–Kier alpha value is -1.83. The number of hydrogen-bond donors (Lipinski definition) is 1. The number of carbonyl (C=O) groups excluding carboxylic acids is 1. The maximum atomic E-state index is 12.1. The lowest BCUT2D eigenvalue weighted by atomic mass is 10.0. The highest BCUT2D eigenvalue weighted by atomic mass is 79.9. The predicted molar refractivity (Wildman–Crippen MR) is 97.2 cm³/mol. The van der Waals surface area contributed by atoms with Crippen molar-refractivity contribution < 1.29 is 14.5 Å². The van der Waals surface area contributed by atoms with Crippen molar-refractivity contribution in [2.75, 3.05) is 19.0 Å². The molecule has 0 bridgehead atoms. The van der Waals surface area contributed by atoms with Crippen LogP contribution in [0, 0.1) is 10.1 Å². The van der Waals surface area contributed by atoms with Gasteiger partial charge in [-0.3, -0.25) is 10.1 Å². The molecule has 0 saturated carbocycles. The lowest BCUT2D eigenvalue weighted by Crippen LogP contribution is -2.46. The van der Waals surface area contributed by atoms with Crippen LogP contribution < -0.4 is 10.2 Å². The second-order valence-corrected chi connectivity index (χ2v) is 8.45. The molecule has 1 aromatic carbocycles. The third-order valence-corrected chi connectivity index (χ3v) is 4.04. The molecule has 0 unspecified atom stereocenters. The van der Waals surface area contributed by atoms with E-state index in [4.69, 9.17) is 4.74 Å². The van der Waals surface area contributed by atoms with Gasteiger partial charge in [0.25, 0.3) is 4.45 Å². The molecule has 0 fully saturated rings. The normalized spacial score (nSPS) is 15.1. The van der Waals surface area contributed by atoms with Crippen molar-refractivity contribution in [2.24, 2.45) is 0 Å². The van der Waals surface area contributed by atoms with Crippen LogP contribution in [-0.2, 0) is 4.74 Å². The van der Waals surface area contributed by atoms with Gasteiger partial charge in [-0.05, 0) is 38.5 Å². The molecular formula is C16H24BrN3O4. The minimum Gasteiger partial charge on any atom is -0.444 e. The molecule has 7 nitrogen and oxygen atoms in total. The number of nitrogens with one attached hydrogen (secondary N) is 1. The van der Waals surface area contributed by atoms with Gasteiger partial charge in [0.2, 0.25) is 0 Å². The van der Waals surface area contributed by atoms with E-state index in [0.717, 1.165) is 5.69 Å². The molecule has 0 aliphatic rings. The maximum Gasteiger partial charge on any atom is 0.408 e. The van der Waals surface area contributed by atoms with Crippen LogP contribution in [0.5, 0.6) is 0 Å². The maximum absolute atomic E-state index is 12.1. The van der Waals surface area contributed by atoms with E-state index < -0.39 is 27.1 Å². The summed E-state index contributed by atoms with van der Waals surface area (Å²) in [6.45, 7) is 6.59. The third-order valence-electron chi connectivity index (χ3n) is 3.29. The number of alkyl carbamates (subject to hydrolysis) is 1. The molecule has 0 aliphatic heterocycles. The average molecular weight is 402 g/mol. The lowest BCUT2D eigenvalue weighted by Gasteiger charge is -2.28. The lowest BCUT2D eigenvalue weighted by molar-refractivity contribution is -0.536. The zero-order valence-electron chi connectivity index (χ0n) is 14.8. The second-order valence-electron chi connectivity index (χ2n) is 6.85. The average Bonchev–Trinajstić information content (AvgIpc) is 2.42. The van der Waals surface area contributed by atoms with Crippen molar-refractivity contribution in [1.29, 1.82) is 0 Å². The van der Waals surface area contributed by atoms with E-state index in [1.54, 1.807) is 32.9 Å². The first-order chi connectivity index (χ1) is 10.8. The molecular weight excluding hydrogens is 378 g/mol. The van der Waals surface area contributed by atoms with E-state index in [-0.39, 0.29) is 0 Å². The number of hydrogen-bond acceptors (Lipinski definition) is 5. The summed E-state index contributed by atoms with van der Waals surface area (Å²) in [5.74, 6) is 0. The van der Waals surface area contributed by atoms with Crippen LogP contribution in [0.3, 0.4) is 0 Å². The highest BCUT2D eigenvalue weighted by molar-refractivity contribution is 9.10. The second kappa shape index (κ2) is 7.38. The van der Waals surface area contributed by atoms with Crippen molar-refractivity contribution in [2.45, 2.75) is 43.8 Å². The molecule has 1 aromatic rings. The molecule has 0 aliphatic carbocycles. The molecule has 1 rings (SSSR count). The van der Waals surface area contributed by atoms with Gasteiger partial charge in [-0.15, -0.1) is 0 Å². The zero-order valence-corrected chi connectivity index (χ0v) is 16.4. The Labute approximate surface area is 150 Å². The van der Waals surface area contributed by atoms with Crippen LogP contribution >= 0.6 is 15.9 Å². The first-order valence-electron chi connectivity index (χ1n) is 7.45. The van der Waals surface area contributed by atoms with Gasteiger partial charge < -0.3 is 15.0 Å². The zero-order chi connectivity index (χ0) is 18.7. The molecule has 0 spiro atoms. The summed E-state index contributed by atoms with van der Waals surface area (Å²) in [6.07, 6.45) is -0.711. The van der Waals surface area contributed by atoms with Gasteiger partial charge in [0.1, 0.15) is 11.6 Å². The Kier molecular flexibility index (Phi) is 6.21. The van der Waals surface area contributed by atoms with Gasteiger partial charge in [-0.1, -0.05) is 12.1 Å². The number of nitro groups is 1. The molecule has 0 saturated heterocycles. The molecule has 8 heteroatoms. The van der Waals surface area contributed by atoms with E-state index in [0.29, 0.717) is 5.56 Å². The molecule has 0 aromatic heterocycles. The number of ether oxygens (including phenoxy) is 1. The standard InChI is InChI=1S/C16H24BrN3O4/c1-15(2,3)24-14(21)18-13(16(4,17)20(22)23)11-7-9-12(10-8-11)19(5)6/h7-10,13H,1-6H3,(H,18,21)/t13-,16+/m0/s1. The monoisotopic (exact) mass is 401 g/mol. The first kappa shape index (κ1) is 20.2. The molecule has 1 N–H and O–H groups in total. The number of rotatable bonds is 5. The third kappa shape index (κ3) is 5.36. The van der Waals surface area contributed by atoms with Crippen LogP contribution in [0.4, 0.5) is 10.5 Å². The molecule has 0 radical (unpaired) electrons. The summed E-state index contributed by atoms with van der Waals surface area (Å²) >= 11 is 3.13. The molecule has 1 amide bonds. The topological polar surface area (TPSA) is 84.7 Å². The highest BCUT2D eigenvalue weighted by Gasteiger charge is 2.45. The molecule has 24 heavy (non-hydrogen) atoms. The van der Waals surface area contributed by atoms with E-state index in [9.17, 15) is 14.9 Å². The van der Waals surface area contributed by atoms with Crippen molar-refractivity contribution >= 4 is 27.7 Å². The Morgan fingerprint density at radius 3 is 2.12 bits per heavy atom. The Bertz CT molecular complexity index is 594. The number of halogens is 1. The van der Waals surface area contributed by atoms with Gasteiger partial charge in [0.15, 0.2) is 0 Å². The van der Waals surface area contributed by atoms with E-state index in [1.807, 2.05) is 31.1 Å². The van der Waals surface area contributed by atoms with Gasteiger partial charge in [0, 0.05) is 47.6 Å². The van der Waals surface area contributed by atoms with E-state index >= 15 is 0 Å². The minimum atomic E-state index is -1.58. The smallest absolute Gasteiger partial charge is 0.408 e. The van der Waals surface area contributed by atoms with Crippen molar-refractivity contribution in [1.82, 2.24) is 5.32 Å². The quantitative estimate of drug-likeness (QED) is 0.351. The fourth-order valence-corrected chi connectivity index (χ4v) is 2.39. The van der Waals surface area contributed by atoms with Crippen LogP contribution in [0.2, 0.25) is 0 Å².